The van der Waals surface area contributed by atoms with E-state index in [-0.39, 0.29) is 0 Å². The van der Waals surface area contributed by atoms with Crippen LogP contribution in [-0.2, 0) is 11.3 Å². The molecule has 1 aliphatic heterocycles. The molecule has 1 aliphatic rings. The number of nitrogens with one attached hydrogen (secondary N) is 1. The molecule has 0 aromatic heterocycles. The highest BCUT2D eigenvalue weighted by molar-refractivity contribution is 5.47. The lowest BCUT2D eigenvalue weighted by Crippen LogP contribution is -2.29. The highest BCUT2D eigenvalue weighted by Crippen LogP contribution is 2.20. The number of anilines is 1. The molecule has 0 spiro atoms. The van der Waals surface area contributed by atoms with Gasteiger partial charge in [-0.3, -0.25) is 0 Å². The van der Waals surface area contributed by atoms with Crippen molar-refractivity contribution in [3.63, 3.8) is 0 Å². The van der Waals surface area contributed by atoms with E-state index < -0.39 is 0 Å². The SMILES string of the molecule is COCCC(C)NCc1ccc(N2CCCCC2)cc1. The second-order valence-electron chi connectivity index (χ2n) is 5.78. The molecule has 1 aromatic rings. The smallest absolute Gasteiger partial charge is 0.0476 e. The van der Waals surface area contributed by atoms with Crippen molar-refractivity contribution in [3.8, 4) is 0 Å². The van der Waals surface area contributed by atoms with Crippen LogP contribution in [0.5, 0.6) is 0 Å². The molecule has 1 atom stereocenters. The molecule has 0 amide bonds. The standard InChI is InChI=1S/C17H28N2O/c1-15(10-13-20-2)18-14-16-6-8-17(9-7-16)19-11-4-3-5-12-19/h6-9,15,18H,3-5,10-14H2,1-2H3. The van der Waals surface area contributed by atoms with Crippen LogP contribution in [0, 0.1) is 0 Å². The van der Waals surface area contributed by atoms with Gasteiger partial charge in [0.1, 0.15) is 0 Å². The van der Waals surface area contributed by atoms with Crippen molar-refractivity contribution in [1.29, 1.82) is 0 Å². The second-order valence-corrected chi connectivity index (χ2v) is 5.78. The van der Waals surface area contributed by atoms with E-state index in [9.17, 15) is 0 Å². The average molecular weight is 276 g/mol. The highest BCUT2D eigenvalue weighted by atomic mass is 16.5. The van der Waals surface area contributed by atoms with Crippen molar-refractivity contribution in [2.24, 2.45) is 0 Å². The van der Waals surface area contributed by atoms with Crippen molar-refractivity contribution >= 4 is 5.69 Å². The van der Waals surface area contributed by atoms with Gasteiger partial charge in [0.2, 0.25) is 0 Å². The Morgan fingerprint density at radius 3 is 2.50 bits per heavy atom. The van der Waals surface area contributed by atoms with Gasteiger partial charge < -0.3 is 15.0 Å². The molecule has 0 radical (unpaired) electrons. The monoisotopic (exact) mass is 276 g/mol. The Hall–Kier alpha value is -1.06. The van der Waals surface area contributed by atoms with E-state index in [0.29, 0.717) is 6.04 Å². The summed E-state index contributed by atoms with van der Waals surface area (Å²) in [6, 6.07) is 9.53. The number of methoxy groups -OCH3 is 1. The quantitative estimate of drug-likeness (QED) is 0.828. The minimum atomic E-state index is 0.497. The normalized spacial score (nSPS) is 17.2. The van der Waals surface area contributed by atoms with Gasteiger partial charge in [-0.1, -0.05) is 12.1 Å². The van der Waals surface area contributed by atoms with E-state index in [1.54, 1.807) is 7.11 Å². The van der Waals surface area contributed by atoms with Gasteiger partial charge in [-0.2, -0.15) is 0 Å². The van der Waals surface area contributed by atoms with Crippen molar-refractivity contribution in [3.05, 3.63) is 29.8 Å². The molecular formula is C17H28N2O. The fourth-order valence-electron chi connectivity index (χ4n) is 2.67. The van der Waals surface area contributed by atoms with Crippen LogP contribution >= 0.6 is 0 Å². The van der Waals surface area contributed by atoms with E-state index in [0.717, 1.165) is 19.6 Å². The summed E-state index contributed by atoms with van der Waals surface area (Å²) in [6.07, 6.45) is 5.11. The van der Waals surface area contributed by atoms with Crippen LogP contribution in [0.4, 0.5) is 5.69 Å². The lowest BCUT2D eigenvalue weighted by atomic mass is 10.1. The minimum absolute atomic E-state index is 0.497. The molecule has 1 aromatic carbocycles. The molecule has 1 saturated heterocycles. The van der Waals surface area contributed by atoms with E-state index in [1.165, 1.54) is 43.6 Å². The largest absolute Gasteiger partial charge is 0.385 e. The summed E-state index contributed by atoms with van der Waals surface area (Å²) in [5.74, 6) is 0. The third kappa shape index (κ3) is 4.80. The molecular weight excluding hydrogens is 248 g/mol. The number of rotatable bonds is 7. The summed E-state index contributed by atoms with van der Waals surface area (Å²) < 4.78 is 5.10. The first-order valence-corrected chi connectivity index (χ1v) is 7.86. The molecule has 0 aliphatic carbocycles. The molecule has 1 N–H and O–H groups in total. The maximum Gasteiger partial charge on any atom is 0.0476 e. The third-order valence-corrected chi connectivity index (χ3v) is 4.07. The van der Waals surface area contributed by atoms with Crippen molar-refractivity contribution in [2.75, 3.05) is 31.7 Å². The second kappa shape index (κ2) is 8.28. The Labute approximate surface area is 123 Å². The molecule has 3 heteroatoms. The Balaban J connectivity index is 1.79. The first-order chi connectivity index (χ1) is 9.79. The predicted molar refractivity (Wildman–Crippen MR) is 85.3 cm³/mol. The zero-order valence-electron chi connectivity index (χ0n) is 12.9. The van der Waals surface area contributed by atoms with Gasteiger partial charge in [-0.15, -0.1) is 0 Å². The lowest BCUT2D eigenvalue weighted by Gasteiger charge is -2.28. The molecule has 0 bridgehead atoms. The van der Waals surface area contributed by atoms with Crippen molar-refractivity contribution in [1.82, 2.24) is 5.32 Å². The van der Waals surface area contributed by atoms with Crippen molar-refractivity contribution < 1.29 is 4.74 Å². The van der Waals surface area contributed by atoms with Crippen LogP contribution in [0.2, 0.25) is 0 Å². The van der Waals surface area contributed by atoms with Gasteiger partial charge in [0, 0.05) is 45.1 Å². The molecule has 1 heterocycles. The van der Waals surface area contributed by atoms with Crippen molar-refractivity contribution in [2.45, 2.75) is 45.2 Å². The van der Waals surface area contributed by atoms with Crippen LogP contribution in [0.15, 0.2) is 24.3 Å². The average Bonchev–Trinajstić information content (AvgIpc) is 2.52. The van der Waals surface area contributed by atoms with Crippen LogP contribution in [0.1, 0.15) is 38.2 Å². The first kappa shape index (κ1) is 15.3. The molecule has 1 fully saturated rings. The van der Waals surface area contributed by atoms with Crippen LogP contribution in [-0.4, -0.2) is 32.8 Å². The molecule has 1 unspecified atom stereocenters. The van der Waals surface area contributed by atoms with Gasteiger partial charge in [0.05, 0.1) is 0 Å². The summed E-state index contributed by atoms with van der Waals surface area (Å²) in [7, 11) is 1.76. The van der Waals surface area contributed by atoms with E-state index >= 15 is 0 Å². The van der Waals surface area contributed by atoms with Gasteiger partial charge in [0.25, 0.3) is 0 Å². The number of hydrogen-bond donors (Lipinski definition) is 1. The lowest BCUT2D eigenvalue weighted by molar-refractivity contribution is 0.184. The topological polar surface area (TPSA) is 24.5 Å². The number of nitrogens with zero attached hydrogens (tertiary/aromatic N) is 1. The van der Waals surface area contributed by atoms with Gasteiger partial charge >= 0.3 is 0 Å². The molecule has 20 heavy (non-hydrogen) atoms. The van der Waals surface area contributed by atoms with E-state index in [4.69, 9.17) is 4.74 Å². The fourth-order valence-corrected chi connectivity index (χ4v) is 2.67. The fraction of sp³-hybridized carbons (Fsp3) is 0.647. The van der Waals surface area contributed by atoms with Gasteiger partial charge in [0.15, 0.2) is 0 Å². The first-order valence-electron chi connectivity index (χ1n) is 7.86. The predicted octanol–water partition coefficient (Wildman–Crippen LogP) is 3.19. The zero-order chi connectivity index (χ0) is 14.2. The maximum atomic E-state index is 5.10. The van der Waals surface area contributed by atoms with E-state index in [2.05, 4.69) is 41.4 Å². The highest BCUT2D eigenvalue weighted by Gasteiger charge is 2.10. The number of hydrogen-bond acceptors (Lipinski definition) is 3. The number of benzene rings is 1. The summed E-state index contributed by atoms with van der Waals surface area (Å²) in [4.78, 5) is 2.50. The summed E-state index contributed by atoms with van der Waals surface area (Å²) in [5.41, 5.74) is 2.73. The molecule has 3 nitrogen and oxygen atoms in total. The Morgan fingerprint density at radius 2 is 1.85 bits per heavy atom. The summed E-state index contributed by atoms with van der Waals surface area (Å²) in [6.45, 7) is 6.39. The minimum Gasteiger partial charge on any atom is -0.385 e. The van der Waals surface area contributed by atoms with Crippen LogP contribution in [0.3, 0.4) is 0 Å². The number of ether oxygens (including phenoxy) is 1. The Morgan fingerprint density at radius 1 is 1.15 bits per heavy atom. The molecule has 112 valence electrons. The third-order valence-electron chi connectivity index (χ3n) is 4.07. The molecule has 2 rings (SSSR count). The van der Waals surface area contributed by atoms with Crippen LogP contribution < -0.4 is 10.2 Å². The Bertz CT molecular complexity index is 371. The van der Waals surface area contributed by atoms with Crippen LogP contribution in [0.25, 0.3) is 0 Å². The van der Waals surface area contributed by atoms with Gasteiger partial charge in [-0.05, 0) is 50.3 Å². The summed E-state index contributed by atoms with van der Waals surface area (Å²) in [5, 5.41) is 3.54. The maximum absolute atomic E-state index is 5.10. The Kier molecular flexibility index (Phi) is 6.34. The summed E-state index contributed by atoms with van der Waals surface area (Å²) >= 11 is 0. The number of piperidine rings is 1. The van der Waals surface area contributed by atoms with E-state index in [1.807, 2.05) is 0 Å². The zero-order valence-corrected chi connectivity index (χ0v) is 12.9. The van der Waals surface area contributed by atoms with Gasteiger partial charge in [-0.25, -0.2) is 0 Å². The molecule has 0 saturated carbocycles.